The van der Waals surface area contributed by atoms with Crippen molar-refractivity contribution in [3.05, 3.63) is 29.6 Å². The molecule has 1 aromatic rings. The second kappa shape index (κ2) is 4.73. The highest BCUT2D eigenvalue weighted by Gasteiger charge is 2.34. The summed E-state index contributed by atoms with van der Waals surface area (Å²) in [7, 11) is 0. The first-order valence-electron chi connectivity index (χ1n) is 6.79. The van der Waals surface area contributed by atoms with E-state index in [4.69, 9.17) is 4.74 Å². The lowest BCUT2D eigenvalue weighted by molar-refractivity contribution is 0.241. The van der Waals surface area contributed by atoms with Crippen molar-refractivity contribution in [1.29, 1.82) is 0 Å². The van der Waals surface area contributed by atoms with Gasteiger partial charge in [-0.2, -0.15) is 0 Å². The van der Waals surface area contributed by atoms with Gasteiger partial charge in [-0.25, -0.2) is 0 Å². The lowest BCUT2D eigenvalue weighted by Gasteiger charge is -2.12. The third-order valence-electron chi connectivity index (χ3n) is 3.63. The van der Waals surface area contributed by atoms with Crippen molar-refractivity contribution in [2.24, 2.45) is 0 Å². The molecule has 2 atom stereocenters. The third kappa shape index (κ3) is 2.41. The minimum Gasteiger partial charge on any atom is -0.489 e. The van der Waals surface area contributed by atoms with Gasteiger partial charge < -0.3 is 10.1 Å². The molecule has 0 spiro atoms. The molecule has 2 saturated heterocycles. The fraction of sp³-hybridized carbons (Fsp3) is 0.533. The molecule has 0 radical (unpaired) electrons. The van der Waals surface area contributed by atoms with Gasteiger partial charge >= 0.3 is 0 Å². The average Bonchev–Trinajstić information content (AvgIpc) is 2.90. The Labute approximate surface area is 108 Å². The van der Waals surface area contributed by atoms with E-state index >= 15 is 0 Å². The van der Waals surface area contributed by atoms with E-state index in [1.165, 1.54) is 24.8 Å². The van der Waals surface area contributed by atoms with Crippen LogP contribution in [0.15, 0.2) is 24.0 Å². The van der Waals surface area contributed by atoms with E-state index in [2.05, 4.69) is 22.4 Å². The Morgan fingerprint density at radius 3 is 2.94 bits per heavy atom. The maximum atomic E-state index is 5.67. The lowest BCUT2D eigenvalue weighted by Crippen LogP contribution is -2.18. The van der Waals surface area contributed by atoms with E-state index in [0.717, 1.165) is 11.3 Å². The first-order valence-corrected chi connectivity index (χ1v) is 6.79. The number of aromatic nitrogens is 1. The predicted octanol–water partition coefficient (Wildman–Crippen LogP) is 2.78. The molecule has 2 unspecified atom stereocenters. The number of ether oxygens (including phenoxy) is 1. The van der Waals surface area contributed by atoms with Gasteiger partial charge in [-0.05, 0) is 44.7 Å². The van der Waals surface area contributed by atoms with E-state index in [9.17, 15) is 0 Å². The zero-order chi connectivity index (χ0) is 12.5. The van der Waals surface area contributed by atoms with Crippen LogP contribution in [-0.4, -0.2) is 23.2 Å². The van der Waals surface area contributed by atoms with E-state index in [-0.39, 0.29) is 6.10 Å². The quantitative estimate of drug-likeness (QED) is 0.887. The molecule has 96 valence electrons. The second-order valence-electron chi connectivity index (χ2n) is 5.54. The molecule has 0 saturated carbocycles. The maximum absolute atomic E-state index is 5.67. The fourth-order valence-corrected chi connectivity index (χ4v) is 2.92. The fourth-order valence-electron chi connectivity index (χ4n) is 2.92. The van der Waals surface area contributed by atoms with Gasteiger partial charge in [0.25, 0.3) is 0 Å². The monoisotopic (exact) mass is 244 g/mol. The number of pyridine rings is 1. The van der Waals surface area contributed by atoms with Crippen LogP contribution in [0.2, 0.25) is 0 Å². The van der Waals surface area contributed by atoms with Crippen LogP contribution in [0, 0.1) is 0 Å². The molecular weight excluding hydrogens is 224 g/mol. The van der Waals surface area contributed by atoms with Crippen molar-refractivity contribution in [3.8, 4) is 5.75 Å². The molecule has 2 aliphatic heterocycles. The van der Waals surface area contributed by atoms with E-state index < -0.39 is 0 Å². The van der Waals surface area contributed by atoms with Gasteiger partial charge in [-0.15, -0.1) is 0 Å². The standard InChI is InChI=1S/C15H20N2O/c1-10(2)18-14-6-11(8-16-9-14)5-12-7-13-3-4-15(12)17-13/h5-6,8-10,13,15,17H,3-4,7H2,1-2H3/b12-5+. The molecule has 3 nitrogen and oxygen atoms in total. The zero-order valence-corrected chi connectivity index (χ0v) is 11.0. The summed E-state index contributed by atoms with van der Waals surface area (Å²) in [6.45, 7) is 4.07. The number of nitrogens with one attached hydrogen (secondary N) is 1. The van der Waals surface area contributed by atoms with Gasteiger partial charge in [0, 0.05) is 18.3 Å². The Hall–Kier alpha value is -1.35. The van der Waals surface area contributed by atoms with Crippen LogP contribution < -0.4 is 10.1 Å². The maximum Gasteiger partial charge on any atom is 0.138 e. The van der Waals surface area contributed by atoms with Crippen molar-refractivity contribution in [2.75, 3.05) is 0 Å². The summed E-state index contributed by atoms with van der Waals surface area (Å²) in [5, 5.41) is 3.63. The Morgan fingerprint density at radius 2 is 2.28 bits per heavy atom. The molecule has 0 aliphatic carbocycles. The summed E-state index contributed by atoms with van der Waals surface area (Å²) in [6.07, 6.45) is 9.96. The molecule has 2 aliphatic rings. The summed E-state index contributed by atoms with van der Waals surface area (Å²) in [4.78, 5) is 4.25. The number of rotatable bonds is 3. The van der Waals surface area contributed by atoms with Crippen molar-refractivity contribution in [1.82, 2.24) is 10.3 Å². The topological polar surface area (TPSA) is 34.1 Å². The number of nitrogens with zero attached hydrogens (tertiary/aromatic N) is 1. The summed E-state index contributed by atoms with van der Waals surface area (Å²) in [5.41, 5.74) is 2.67. The first-order chi connectivity index (χ1) is 8.70. The molecule has 0 aromatic carbocycles. The van der Waals surface area contributed by atoms with Crippen molar-refractivity contribution in [2.45, 2.75) is 51.3 Å². The van der Waals surface area contributed by atoms with Crippen LogP contribution in [0.4, 0.5) is 0 Å². The molecule has 3 heterocycles. The third-order valence-corrected chi connectivity index (χ3v) is 3.63. The van der Waals surface area contributed by atoms with Crippen molar-refractivity contribution >= 4 is 6.08 Å². The van der Waals surface area contributed by atoms with Crippen molar-refractivity contribution < 1.29 is 4.74 Å². The lowest BCUT2D eigenvalue weighted by atomic mass is 9.93. The molecule has 3 heteroatoms. The van der Waals surface area contributed by atoms with Crippen LogP contribution in [0.1, 0.15) is 38.7 Å². The van der Waals surface area contributed by atoms with Gasteiger partial charge in [0.2, 0.25) is 0 Å². The second-order valence-corrected chi connectivity index (χ2v) is 5.54. The average molecular weight is 244 g/mol. The zero-order valence-electron chi connectivity index (χ0n) is 11.0. The van der Waals surface area contributed by atoms with Gasteiger partial charge in [0.15, 0.2) is 0 Å². The Morgan fingerprint density at radius 1 is 1.39 bits per heavy atom. The summed E-state index contributed by atoms with van der Waals surface area (Å²) in [5.74, 6) is 0.857. The van der Waals surface area contributed by atoms with Gasteiger partial charge in [-0.1, -0.05) is 11.6 Å². The highest BCUT2D eigenvalue weighted by atomic mass is 16.5. The normalized spacial score (nSPS) is 28.3. The minimum atomic E-state index is 0.193. The van der Waals surface area contributed by atoms with Crippen LogP contribution in [-0.2, 0) is 0 Å². The van der Waals surface area contributed by atoms with Gasteiger partial charge in [-0.3, -0.25) is 4.98 Å². The minimum absolute atomic E-state index is 0.193. The highest BCUT2D eigenvalue weighted by molar-refractivity contribution is 5.56. The van der Waals surface area contributed by atoms with Gasteiger partial charge in [0.1, 0.15) is 5.75 Å². The van der Waals surface area contributed by atoms with Gasteiger partial charge in [0.05, 0.1) is 12.3 Å². The highest BCUT2D eigenvalue weighted by Crippen LogP contribution is 2.33. The first kappa shape index (κ1) is 11.7. The molecule has 18 heavy (non-hydrogen) atoms. The molecule has 2 bridgehead atoms. The van der Waals surface area contributed by atoms with Crippen LogP contribution in [0.25, 0.3) is 6.08 Å². The summed E-state index contributed by atoms with van der Waals surface area (Å²) >= 11 is 0. The predicted molar refractivity (Wildman–Crippen MR) is 72.5 cm³/mol. The number of hydrogen-bond acceptors (Lipinski definition) is 3. The molecule has 0 amide bonds. The largest absolute Gasteiger partial charge is 0.489 e. The Balaban J connectivity index is 1.78. The SMILES string of the molecule is CC(C)Oc1cncc(/C=C2\CC3CCC2N3)c1. The molecule has 3 rings (SSSR count). The van der Waals surface area contributed by atoms with E-state index in [1.807, 2.05) is 20.0 Å². The number of hydrogen-bond donors (Lipinski definition) is 1. The molecule has 2 fully saturated rings. The summed E-state index contributed by atoms with van der Waals surface area (Å²) < 4.78 is 5.67. The molecule has 1 aromatic heterocycles. The van der Waals surface area contributed by atoms with E-state index in [1.54, 1.807) is 6.20 Å². The Bertz CT molecular complexity index is 467. The summed E-state index contributed by atoms with van der Waals surface area (Å²) in [6, 6.07) is 3.39. The molecular formula is C15H20N2O. The Kier molecular flexibility index (Phi) is 3.08. The van der Waals surface area contributed by atoms with Crippen molar-refractivity contribution in [3.63, 3.8) is 0 Å². The smallest absolute Gasteiger partial charge is 0.138 e. The van der Waals surface area contributed by atoms with Crippen LogP contribution >= 0.6 is 0 Å². The van der Waals surface area contributed by atoms with Crippen LogP contribution in [0.3, 0.4) is 0 Å². The van der Waals surface area contributed by atoms with Crippen LogP contribution in [0.5, 0.6) is 5.75 Å². The number of fused-ring (bicyclic) bond motifs is 2. The van der Waals surface area contributed by atoms with E-state index in [0.29, 0.717) is 12.1 Å². The molecule has 1 N–H and O–H groups in total.